The molecule has 0 amide bonds. The van der Waals surface area contributed by atoms with Gasteiger partial charge < -0.3 is 10.1 Å². The highest BCUT2D eigenvalue weighted by molar-refractivity contribution is 5.42. The third-order valence-corrected chi connectivity index (χ3v) is 2.36. The first-order chi connectivity index (χ1) is 8.67. The van der Waals surface area contributed by atoms with Crippen LogP contribution >= 0.6 is 0 Å². The smallest absolute Gasteiger partial charge is 0.213 e. The minimum Gasteiger partial charge on any atom is -0.481 e. The van der Waals surface area contributed by atoms with Crippen molar-refractivity contribution in [3.05, 3.63) is 53.7 Å². The van der Waals surface area contributed by atoms with Crippen LogP contribution in [-0.2, 0) is 6.54 Å². The molecular formula is C13H12F2N2O. The van der Waals surface area contributed by atoms with E-state index in [0.717, 1.165) is 11.8 Å². The van der Waals surface area contributed by atoms with Crippen molar-refractivity contribution in [1.29, 1.82) is 0 Å². The molecule has 94 valence electrons. The topological polar surface area (TPSA) is 34.1 Å². The van der Waals surface area contributed by atoms with E-state index < -0.39 is 11.6 Å². The number of methoxy groups -OCH3 is 1. The summed E-state index contributed by atoms with van der Waals surface area (Å²) < 4.78 is 30.8. The first kappa shape index (κ1) is 12.3. The van der Waals surface area contributed by atoms with Gasteiger partial charge in [-0.1, -0.05) is 0 Å². The first-order valence-electron chi connectivity index (χ1n) is 5.36. The van der Waals surface area contributed by atoms with Gasteiger partial charge in [0.05, 0.1) is 19.0 Å². The minimum absolute atomic E-state index is 0.322. The SMILES string of the molecule is COc1ccc(NCc2cc(F)cc(F)c2)cn1. The third kappa shape index (κ3) is 3.16. The van der Waals surface area contributed by atoms with Gasteiger partial charge in [-0.25, -0.2) is 13.8 Å². The molecule has 0 saturated heterocycles. The quantitative estimate of drug-likeness (QED) is 0.905. The number of anilines is 1. The Kier molecular flexibility index (Phi) is 3.72. The van der Waals surface area contributed by atoms with E-state index in [1.165, 1.54) is 19.2 Å². The van der Waals surface area contributed by atoms with Crippen LogP contribution in [0.5, 0.6) is 5.88 Å². The normalized spacial score (nSPS) is 10.2. The standard InChI is InChI=1S/C13H12F2N2O/c1-18-13-3-2-12(8-17-13)16-7-9-4-10(14)6-11(15)5-9/h2-6,8,16H,7H2,1H3. The van der Waals surface area contributed by atoms with Crippen molar-refractivity contribution in [3.8, 4) is 5.88 Å². The lowest BCUT2D eigenvalue weighted by Gasteiger charge is -2.07. The van der Waals surface area contributed by atoms with Gasteiger partial charge >= 0.3 is 0 Å². The fraction of sp³-hybridized carbons (Fsp3) is 0.154. The fourth-order valence-electron chi connectivity index (χ4n) is 1.52. The first-order valence-corrected chi connectivity index (χ1v) is 5.36. The molecule has 3 nitrogen and oxygen atoms in total. The van der Waals surface area contributed by atoms with E-state index in [2.05, 4.69) is 10.3 Å². The molecule has 1 aromatic heterocycles. The minimum atomic E-state index is -0.584. The summed E-state index contributed by atoms with van der Waals surface area (Å²) in [6.45, 7) is 0.322. The number of benzene rings is 1. The largest absolute Gasteiger partial charge is 0.481 e. The maximum atomic E-state index is 13.0. The van der Waals surface area contributed by atoms with E-state index in [9.17, 15) is 8.78 Å². The van der Waals surface area contributed by atoms with E-state index in [0.29, 0.717) is 18.0 Å². The molecule has 0 aliphatic carbocycles. The zero-order valence-corrected chi connectivity index (χ0v) is 9.78. The van der Waals surface area contributed by atoms with Crippen LogP contribution < -0.4 is 10.1 Å². The predicted octanol–water partition coefficient (Wildman–Crippen LogP) is 2.98. The second-order valence-electron chi connectivity index (χ2n) is 3.72. The number of aromatic nitrogens is 1. The van der Waals surface area contributed by atoms with Gasteiger partial charge in [0, 0.05) is 18.7 Å². The van der Waals surface area contributed by atoms with E-state index in [1.54, 1.807) is 18.3 Å². The molecule has 0 atom stereocenters. The second kappa shape index (κ2) is 5.44. The van der Waals surface area contributed by atoms with Crippen molar-refractivity contribution in [2.75, 3.05) is 12.4 Å². The molecule has 0 fully saturated rings. The highest BCUT2D eigenvalue weighted by Crippen LogP contribution is 2.13. The van der Waals surface area contributed by atoms with Crippen LogP contribution in [0.15, 0.2) is 36.5 Å². The summed E-state index contributed by atoms with van der Waals surface area (Å²) in [4.78, 5) is 4.01. The summed E-state index contributed by atoms with van der Waals surface area (Å²) in [7, 11) is 1.53. The molecule has 0 spiro atoms. The Bertz CT molecular complexity index is 509. The van der Waals surface area contributed by atoms with E-state index in [4.69, 9.17) is 4.74 Å². The van der Waals surface area contributed by atoms with Gasteiger partial charge in [-0.2, -0.15) is 0 Å². The lowest BCUT2D eigenvalue weighted by molar-refractivity contribution is 0.398. The lowest BCUT2D eigenvalue weighted by atomic mass is 10.2. The van der Waals surface area contributed by atoms with Gasteiger partial charge in [0.15, 0.2) is 0 Å². The highest BCUT2D eigenvalue weighted by Gasteiger charge is 2.01. The highest BCUT2D eigenvalue weighted by atomic mass is 19.1. The third-order valence-electron chi connectivity index (χ3n) is 2.36. The molecule has 0 radical (unpaired) electrons. The maximum absolute atomic E-state index is 13.0. The molecule has 0 saturated carbocycles. The monoisotopic (exact) mass is 250 g/mol. The number of hydrogen-bond acceptors (Lipinski definition) is 3. The molecule has 0 aliphatic rings. The molecule has 1 heterocycles. The average Bonchev–Trinajstić information content (AvgIpc) is 2.36. The molecular weight excluding hydrogens is 238 g/mol. The molecule has 2 aromatic rings. The number of nitrogens with zero attached hydrogens (tertiary/aromatic N) is 1. The van der Waals surface area contributed by atoms with Crippen LogP contribution in [0, 0.1) is 11.6 Å². The van der Waals surface area contributed by atoms with Crippen molar-refractivity contribution >= 4 is 5.69 Å². The molecule has 0 bridgehead atoms. The summed E-state index contributed by atoms with van der Waals surface area (Å²) in [6.07, 6.45) is 1.59. The van der Waals surface area contributed by atoms with Crippen LogP contribution in [0.1, 0.15) is 5.56 Å². The van der Waals surface area contributed by atoms with Gasteiger partial charge in [0.25, 0.3) is 0 Å². The number of rotatable bonds is 4. The predicted molar refractivity (Wildman–Crippen MR) is 64.5 cm³/mol. The Morgan fingerprint density at radius 3 is 2.44 bits per heavy atom. The van der Waals surface area contributed by atoms with Crippen molar-refractivity contribution in [2.45, 2.75) is 6.54 Å². The Labute approximate surface area is 103 Å². The average molecular weight is 250 g/mol. The Morgan fingerprint density at radius 2 is 1.89 bits per heavy atom. The van der Waals surface area contributed by atoms with Crippen LogP contribution in [0.2, 0.25) is 0 Å². The second-order valence-corrected chi connectivity index (χ2v) is 3.72. The summed E-state index contributed by atoms with van der Waals surface area (Å²) >= 11 is 0. The molecule has 0 unspecified atom stereocenters. The zero-order valence-electron chi connectivity index (χ0n) is 9.78. The Hall–Kier alpha value is -2.17. The van der Waals surface area contributed by atoms with E-state index >= 15 is 0 Å². The van der Waals surface area contributed by atoms with Crippen molar-refractivity contribution in [1.82, 2.24) is 4.98 Å². The van der Waals surface area contributed by atoms with Gasteiger partial charge in [-0.05, 0) is 23.8 Å². The fourth-order valence-corrected chi connectivity index (χ4v) is 1.52. The summed E-state index contributed by atoms with van der Waals surface area (Å²) in [5.74, 6) is -0.656. The Balaban J connectivity index is 2.01. The van der Waals surface area contributed by atoms with Gasteiger partial charge in [-0.3, -0.25) is 0 Å². The van der Waals surface area contributed by atoms with Gasteiger partial charge in [-0.15, -0.1) is 0 Å². The molecule has 1 N–H and O–H groups in total. The summed E-state index contributed by atoms with van der Waals surface area (Å²) in [6, 6.07) is 6.90. The lowest BCUT2D eigenvalue weighted by Crippen LogP contribution is -2.01. The van der Waals surface area contributed by atoms with Crippen LogP contribution in [-0.4, -0.2) is 12.1 Å². The number of halogens is 2. The van der Waals surface area contributed by atoms with Crippen LogP contribution in [0.3, 0.4) is 0 Å². The van der Waals surface area contributed by atoms with Gasteiger partial charge in [0.1, 0.15) is 11.6 Å². The number of nitrogens with one attached hydrogen (secondary N) is 1. The molecule has 0 aliphatic heterocycles. The molecule has 18 heavy (non-hydrogen) atoms. The van der Waals surface area contributed by atoms with Crippen LogP contribution in [0.25, 0.3) is 0 Å². The van der Waals surface area contributed by atoms with E-state index in [-0.39, 0.29) is 0 Å². The van der Waals surface area contributed by atoms with Gasteiger partial charge in [0.2, 0.25) is 5.88 Å². The van der Waals surface area contributed by atoms with E-state index in [1.807, 2.05) is 0 Å². The van der Waals surface area contributed by atoms with Crippen LogP contribution in [0.4, 0.5) is 14.5 Å². The van der Waals surface area contributed by atoms with Crippen molar-refractivity contribution in [2.24, 2.45) is 0 Å². The Morgan fingerprint density at radius 1 is 1.17 bits per heavy atom. The molecule has 5 heteroatoms. The summed E-state index contributed by atoms with van der Waals surface area (Å²) in [5.41, 5.74) is 1.28. The number of pyridine rings is 1. The maximum Gasteiger partial charge on any atom is 0.213 e. The number of hydrogen-bond donors (Lipinski definition) is 1. The number of ether oxygens (including phenoxy) is 1. The zero-order chi connectivity index (χ0) is 13.0. The van der Waals surface area contributed by atoms with Crippen molar-refractivity contribution in [3.63, 3.8) is 0 Å². The molecule has 1 aromatic carbocycles. The van der Waals surface area contributed by atoms with Crippen molar-refractivity contribution < 1.29 is 13.5 Å². The molecule has 2 rings (SSSR count). The summed E-state index contributed by atoms with van der Waals surface area (Å²) in [5, 5.41) is 3.02.